The Morgan fingerprint density at radius 3 is 3.12 bits per heavy atom. The molecule has 1 atom stereocenters. The van der Waals surface area contributed by atoms with Gasteiger partial charge in [0.1, 0.15) is 5.82 Å². The van der Waals surface area contributed by atoms with Crippen LogP contribution in [0.5, 0.6) is 0 Å². The van der Waals surface area contributed by atoms with E-state index in [1.54, 1.807) is 4.88 Å². The van der Waals surface area contributed by atoms with Crippen molar-refractivity contribution in [1.29, 1.82) is 0 Å². The smallest absolute Gasteiger partial charge is 0.153 e. The van der Waals surface area contributed by atoms with Gasteiger partial charge in [-0.1, -0.05) is 0 Å². The molecule has 0 amide bonds. The molecular formula is C13H15N3S. The second kappa shape index (κ2) is 3.67. The summed E-state index contributed by atoms with van der Waals surface area (Å²) in [6, 6.07) is 2.27. The molecule has 2 aliphatic carbocycles. The fourth-order valence-electron chi connectivity index (χ4n) is 2.74. The van der Waals surface area contributed by atoms with E-state index in [9.17, 15) is 0 Å². The van der Waals surface area contributed by atoms with Gasteiger partial charge in [-0.3, -0.25) is 5.10 Å². The van der Waals surface area contributed by atoms with Crippen LogP contribution in [-0.4, -0.2) is 15.2 Å². The second-order valence-electron chi connectivity index (χ2n) is 5.10. The summed E-state index contributed by atoms with van der Waals surface area (Å²) in [6.45, 7) is 0. The minimum absolute atomic E-state index is 0.463. The van der Waals surface area contributed by atoms with Crippen LogP contribution in [0.25, 0.3) is 0 Å². The number of hydrogen-bond acceptors (Lipinski definition) is 3. The Hall–Kier alpha value is -1.16. The highest BCUT2D eigenvalue weighted by atomic mass is 32.1. The van der Waals surface area contributed by atoms with Crippen LogP contribution in [0.1, 0.15) is 59.6 Å². The van der Waals surface area contributed by atoms with Crippen molar-refractivity contribution in [3.63, 3.8) is 0 Å². The lowest BCUT2D eigenvalue weighted by atomic mass is 9.87. The number of aryl methyl sites for hydroxylation is 1. The number of rotatable bonds is 2. The van der Waals surface area contributed by atoms with Crippen LogP contribution in [-0.2, 0) is 6.42 Å². The first kappa shape index (κ1) is 9.83. The quantitative estimate of drug-likeness (QED) is 0.882. The van der Waals surface area contributed by atoms with Crippen LogP contribution in [0.4, 0.5) is 0 Å². The van der Waals surface area contributed by atoms with Crippen molar-refractivity contribution in [2.75, 3.05) is 0 Å². The monoisotopic (exact) mass is 245 g/mol. The number of aromatic amines is 1. The number of nitrogens with zero attached hydrogens (tertiary/aromatic N) is 2. The number of fused-ring (bicyclic) bond motifs is 1. The largest absolute Gasteiger partial charge is 0.263 e. The van der Waals surface area contributed by atoms with E-state index >= 15 is 0 Å². The van der Waals surface area contributed by atoms with Gasteiger partial charge >= 0.3 is 0 Å². The Balaban J connectivity index is 1.70. The SMILES string of the molecule is c1cc2c(s1)CCCC2c1nc(C2CC2)n[nH]1. The lowest BCUT2D eigenvalue weighted by molar-refractivity contribution is 0.599. The highest BCUT2D eigenvalue weighted by molar-refractivity contribution is 7.10. The zero-order valence-electron chi connectivity index (χ0n) is 9.65. The first-order valence-corrected chi connectivity index (χ1v) is 7.28. The van der Waals surface area contributed by atoms with Crippen LogP contribution >= 0.6 is 11.3 Å². The zero-order valence-corrected chi connectivity index (χ0v) is 10.5. The van der Waals surface area contributed by atoms with Crippen molar-refractivity contribution in [2.45, 2.75) is 43.9 Å². The molecule has 1 N–H and O–H groups in total. The van der Waals surface area contributed by atoms with Gasteiger partial charge in [0.15, 0.2) is 5.82 Å². The van der Waals surface area contributed by atoms with Gasteiger partial charge in [0.05, 0.1) is 0 Å². The molecule has 1 unspecified atom stereocenters. The Kier molecular flexibility index (Phi) is 2.12. The summed E-state index contributed by atoms with van der Waals surface area (Å²) in [5, 5.41) is 9.76. The Bertz CT molecular complexity index is 538. The first-order valence-electron chi connectivity index (χ1n) is 6.40. The molecule has 3 nitrogen and oxygen atoms in total. The van der Waals surface area contributed by atoms with Crippen molar-refractivity contribution in [1.82, 2.24) is 15.2 Å². The summed E-state index contributed by atoms with van der Waals surface area (Å²) >= 11 is 1.89. The normalized spacial score (nSPS) is 23.6. The van der Waals surface area contributed by atoms with Crippen LogP contribution in [0.15, 0.2) is 11.4 Å². The van der Waals surface area contributed by atoms with Gasteiger partial charge in [0.25, 0.3) is 0 Å². The molecule has 1 fully saturated rings. The van der Waals surface area contributed by atoms with E-state index in [0.29, 0.717) is 11.8 Å². The minimum atomic E-state index is 0.463. The number of nitrogens with one attached hydrogen (secondary N) is 1. The molecule has 0 saturated heterocycles. The predicted octanol–water partition coefficient (Wildman–Crippen LogP) is 3.21. The van der Waals surface area contributed by atoms with Gasteiger partial charge in [-0.2, -0.15) is 5.10 Å². The number of aromatic nitrogens is 3. The summed E-state index contributed by atoms with van der Waals surface area (Å²) in [5.74, 6) is 3.24. The molecule has 0 spiro atoms. The molecule has 2 heterocycles. The van der Waals surface area contributed by atoms with E-state index in [0.717, 1.165) is 11.6 Å². The molecule has 2 aromatic heterocycles. The minimum Gasteiger partial charge on any atom is -0.263 e. The van der Waals surface area contributed by atoms with Gasteiger partial charge in [0.2, 0.25) is 0 Å². The summed E-state index contributed by atoms with van der Waals surface area (Å²) in [6.07, 6.45) is 6.27. The van der Waals surface area contributed by atoms with Crippen molar-refractivity contribution < 1.29 is 0 Å². The lowest BCUT2D eigenvalue weighted by Gasteiger charge is -2.20. The maximum atomic E-state index is 4.71. The van der Waals surface area contributed by atoms with Gasteiger partial charge in [-0.15, -0.1) is 11.3 Å². The fraction of sp³-hybridized carbons (Fsp3) is 0.538. The Morgan fingerprint density at radius 1 is 1.29 bits per heavy atom. The van der Waals surface area contributed by atoms with Crippen molar-refractivity contribution >= 4 is 11.3 Å². The maximum Gasteiger partial charge on any atom is 0.153 e. The third kappa shape index (κ3) is 1.62. The van der Waals surface area contributed by atoms with Crippen molar-refractivity contribution in [3.8, 4) is 0 Å². The highest BCUT2D eigenvalue weighted by Crippen LogP contribution is 2.41. The fourth-order valence-corrected chi connectivity index (χ4v) is 3.73. The van der Waals surface area contributed by atoms with Crippen LogP contribution < -0.4 is 0 Å². The van der Waals surface area contributed by atoms with E-state index in [1.165, 1.54) is 37.7 Å². The summed E-state index contributed by atoms with van der Waals surface area (Å²) in [7, 11) is 0. The molecule has 0 radical (unpaired) electrons. The molecule has 4 heteroatoms. The van der Waals surface area contributed by atoms with Gasteiger partial charge in [-0.05, 0) is 49.1 Å². The Morgan fingerprint density at radius 2 is 2.24 bits per heavy atom. The van der Waals surface area contributed by atoms with Crippen LogP contribution in [0.3, 0.4) is 0 Å². The lowest BCUT2D eigenvalue weighted by Crippen LogP contribution is -2.10. The molecular weight excluding hydrogens is 230 g/mol. The maximum absolute atomic E-state index is 4.71. The summed E-state index contributed by atoms with van der Waals surface area (Å²) in [5.41, 5.74) is 1.49. The topological polar surface area (TPSA) is 41.6 Å². The average Bonchev–Trinajstić information content (AvgIpc) is 2.93. The molecule has 0 aliphatic heterocycles. The van der Waals surface area contributed by atoms with Gasteiger partial charge in [0, 0.05) is 16.7 Å². The molecule has 0 bridgehead atoms. The predicted molar refractivity (Wildman–Crippen MR) is 67.5 cm³/mol. The van der Waals surface area contributed by atoms with E-state index in [1.807, 2.05) is 11.3 Å². The molecule has 17 heavy (non-hydrogen) atoms. The first-order chi connectivity index (χ1) is 8.42. The average molecular weight is 245 g/mol. The number of H-pyrrole nitrogens is 1. The standard InChI is InChI=1S/C13H15N3S/c1-2-10(9-6-7-17-11(9)3-1)13-14-12(15-16-13)8-4-5-8/h6-8,10H,1-5H2,(H,14,15,16). The van der Waals surface area contributed by atoms with Crippen molar-refractivity contribution in [2.24, 2.45) is 0 Å². The number of hydrogen-bond donors (Lipinski definition) is 1. The van der Waals surface area contributed by atoms with E-state index in [4.69, 9.17) is 4.98 Å². The molecule has 4 rings (SSSR count). The third-order valence-corrected chi connectivity index (χ3v) is 4.84. The second-order valence-corrected chi connectivity index (χ2v) is 6.10. The molecule has 2 aliphatic rings. The zero-order chi connectivity index (χ0) is 11.2. The van der Waals surface area contributed by atoms with E-state index in [-0.39, 0.29) is 0 Å². The summed E-state index contributed by atoms with van der Waals surface area (Å²) < 4.78 is 0. The molecule has 2 aromatic rings. The van der Waals surface area contributed by atoms with E-state index < -0.39 is 0 Å². The van der Waals surface area contributed by atoms with Crippen LogP contribution in [0.2, 0.25) is 0 Å². The Labute approximate surface area is 104 Å². The molecule has 88 valence electrons. The van der Waals surface area contributed by atoms with E-state index in [2.05, 4.69) is 21.6 Å². The van der Waals surface area contributed by atoms with Gasteiger partial charge < -0.3 is 0 Å². The number of thiophene rings is 1. The van der Waals surface area contributed by atoms with Gasteiger partial charge in [-0.25, -0.2) is 4.98 Å². The third-order valence-electron chi connectivity index (χ3n) is 3.84. The molecule has 1 saturated carbocycles. The highest BCUT2D eigenvalue weighted by Gasteiger charge is 2.30. The van der Waals surface area contributed by atoms with Crippen LogP contribution in [0, 0.1) is 0 Å². The molecule has 0 aromatic carbocycles. The van der Waals surface area contributed by atoms with Crippen molar-refractivity contribution in [3.05, 3.63) is 33.5 Å². The summed E-state index contributed by atoms with van der Waals surface area (Å²) in [4.78, 5) is 6.26.